The third-order valence-corrected chi connectivity index (χ3v) is 9.07. The molecule has 2 aliphatic carbocycles. The van der Waals surface area contributed by atoms with Crippen molar-refractivity contribution in [3.05, 3.63) is 23.2 Å². The van der Waals surface area contributed by atoms with Crippen molar-refractivity contribution in [2.45, 2.75) is 56.3 Å². The first-order chi connectivity index (χ1) is 14.8. The monoisotopic (exact) mass is 468 g/mol. The topological polar surface area (TPSA) is 92.8 Å². The minimum atomic E-state index is -3.64. The number of sulfonamides is 1. The summed E-state index contributed by atoms with van der Waals surface area (Å²) >= 11 is 6.16. The maximum Gasteiger partial charge on any atom is 0.306 e. The van der Waals surface area contributed by atoms with E-state index in [0.29, 0.717) is 31.3 Å². The fourth-order valence-corrected chi connectivity index (χ4v) is 6.96. The minimum Gasteiger partial charge on any atom is -0.456 e. The maximum absolute atomic E-state index is 12.9. The number of amides is 1. The number of rotatable bonds is 7. The zero-order chi connectivity index (χ0) is 22.0. The van der Waals surface area contributed by atoms with Crippen molar-refractivity contribution in [3.63, 3.8) is 0 Å². The molecule has 0 spiro atoms. The largest absolute Gasteiger partial charge is 0.456 e. The predicted octanol–water partition coefficient (Wildman–Crippen LogP) is 3.82. The molecule has 7 nitrogen and oxygen atoms in total. The van der Waals surface area contributed by atoms with Crippen LogP contribution < -0.4 is 5.32 Å². The summed E-state index contributed by atoms with van der Waals surface area (Å²) in [5.74, 6) is 0.841. The van der Waals surface area contributed by atoms with Gasteiger partial charge in [0.05, 0.1) is 15.6 Å². The van der Waals surface area contributed by atoms with Crippen LogP contribution in [0.4, 0.5) is 5.69 Å². The second-order valence-electron chi connectivity index (χ2n) is 8.95. The molecule has 1 amide bonds. The molecule has 1 aromatic rings. The summed E-state index contributed by atoms with van der Waals surface area (Å²) < 4.78 is 32.4. The van der Waals surface area contributed by atoms with Gasteiger partial charge in [-0.05, 0) is 68.1 Å². The van der Waals surface area contributed by atoms with Crippen LogP contribution in [-0.2, 0) is 24.3 Å². The first kappa shape index (κ1) is 22.6. The Morgan fingerprint density at radius 3 is 2.58 bits per heavy atom. The molecular formula is C22H29ClN2O5S. The number of esters is 1. The number of nitrogens with zero attached hydrogens (tertiary/aromatic N) is 1. The minimum absolute atomic E-state index is 0.0855. The van der Waals surface area contributed by atoms with E-state index >= 15 is 0 Å². The Hall–Kier alpha value is -1.64. The molecule has 1 aromatic carbocycles. The van der Waals surface area contributed by atoms with Crippen LogP contribution in [0.2, 0.25) is 5.02 Å². The molecule has 4 rings (SSSR count). The molecule has 170 valence electrons. The summed E-state index contributed by atoms with van der Waals surface area (Å²) in [5, 5.41) is 2.79. The molecule has 31 heavy (non-hydrogen) atoms. The molecule has 3 aliphatic rings. The number of fused-ring (bicyclic) bond motifs is 2. The number of carbonyl (C=O) groups is 2. The molecule has 2 bridgehead atoms. The van der Waals surface area contributed by atoms with Gasteiger partial charge in [0.25, 0.3) is 5.91 Å². The van der Waals surface area contributed by atoms with Gasteiger partial charge in [0.1, 0.15) is 0 Å². The average Bonchev–Trinajstić information content (AvgIpc) is 3.37. The quantitative estimate of drug-likeness (QED) is 0.614. The Morgan fingerprint density at radius 1 is 1.13 bits per heavy atom. The van der Waals surface area contributed by atoms with E-state index in [-0.39, 0.29) is 21.6 Å². The molecule has 0 aromatic heterocycles. The van der Waals surface area contributed by atoms with E-state index in [1.54, 1.807) is 0 Å². The number of hydrogen-bond donors (Lipinski definition) is 1. The number of benzene rings is 1. The highest BCUT2D eigenvalue weighted by molar-refractivity contribution is 7.89. The number of carbonyl (C=O) groups excluding carboxylic acids is 2. The first-order valence-electron chi connectivity index (χ1n) is 11.1. The lowest BCUT2D eigenvalue weighted by Crippen LogP contribution is -2.35. The highest BCUT2D eigenvalue weighted by atomic mass is 35.5. The van der Waals surface area contributed by atoms with Gasteiger partial charge < -0.3 is 10.1 Å². The normalized spacial score (nSPS) is 26.0. The Kier molecular flexibility index (Phi) is 6.89. The molecule has 2 saturated carbocycles. The molecule has 9 heteroatoms. The zero-order valence-corrected chi connectivity index (χ0v) is 19.1. The fourth-order valence-electron chi connectivity index (χ4n) is 5.25. The second kappa shape index (κ2) is 9.46. The average molecular weight is 469 g/mol. The summed E-state index contributed by atoms with van der Waals surface area (Å²) in [7, 11) is -3.64. The lowest BCUT2D eigenvalue weighted by Gasteiger charge is -2.26. The van der Waals surface area contributed by atoms with Gasteiger partial charge >= 0.3 is 5.97 Å². The molecule has 1 aliphatic heterocycles. The molecule has 0 radical (unpaired) electrons. The molecular weight excluding hydrogens is 440 g/mol. The van der Waals surface area contributed by atoms with Crippen LogP contribution in [0.1, 0.15) is 51.4 Å². The van der Waals surface area contributed by atoms with Gasteiger partial charge in [0, 0.05) is 19.5 Å². The van der Waals surface area contributed by atoms with Crippen LogP contribution in [0.15, 0.2) is 23.1 Å². The van der Waals surface area contributed by atoms with E-state index in [9.17, 15) is 18.0 Å². The summed E-state index contributed by atoms with van der Waals surface area (Å²) in [5.41, 5.74) is 0.189. The molecule has 3 atom stereocenters. The van der Waals surface area contributed by atoms with Crippen molar-refractivity contribution in [3.8, 4) is 0 Å². The number of piperidine rings is 1. The van der Waals surface area contributed by atoms with Crippen LogP contribution in [0.3, 0.4) is 0 Å². The Labute approximate surface area is 188 Å². The number of halogens is 1. The molecule has 3 unspecified atom stereocenters. The number of anilines is 1. The lowest BCUT2D eigenvalue weighted by molar-refractivity contribution is -0.148. The Balaban J connectivity index is 1.32. The van der Waals surface area contributed by atoms with Gasteiger partial charge in [-0.25, -0.2) is 8.42 Å². The van der Waals surface area contributed by atoms with Gasteiger partial charge in [-0.3, -0.25) is 9.59 Å². The summed E-state index contributed by atoms with van der Waals surface area (Å²) in [4.78, 5) is 24.5. The van der Waals surface area contributed by atoms with Crippen molar-refractivity contribution in [1.29, 1.82) is 0 Å². The third-order valence-electron chi connectivity index (χ3n) is 6.84. The van der Waals surface area contributed by atoms with E-state index in [0.717, 1.165) is 31.6 Å². The maximum atomic E-state index is 12.9. The van der Waals surface area contributed by atoms with E-state index < -0.39 is 22.5 Å². The number of hydrogen-bond acceptors (Lipinski definition) is 5. The van der Waals surface area contributed by atoms with Gasteiger partial charge in [0.15, 0.2) is 6.61 Å². The SMILES string of the molecule is O=C(COC(=O)CC1CC2CCC1C2)Nc1cc(S(=O)(=O)N2CCCCC2)ccc1Cl. The highest BCUT2D eigenvalue weighted by Crippen LogP contribution is 2.49. The second-order valence-corrected chi connectivity index (χ2v) is 11.3. The molecule has 3 fully saturated rings. The summed E-state index contributed by atoms with van der Waals surface area (Å²) in [6.45, 7) is 0.565. The third kappa shape index (κ3) is 5.23. The van der Waals surface area contributed by atoms with Crippen LogP contribution >= 0.6 is 11.6 Å². The molecule has 1 N–H and O–H groups in total. The van der Waals surface area contributed by atoms with Crippen molar-refractivity contribution in [2.24, 2.45) is 17.8 Å². The van der Waals surface area contributed by atoms with Gasteiger partial charge in [-0.15, -0.1) is 0 Å². The van der Waals surface area contributed by atoms with Crippen molar-refractivity contribution >= 4 is 39.2 Å². The summed E-state index contributed by atoms with van der Waals surface area (Å²) in [6.07, 6.45) is 7.82. The molecule has 1 saturated heterocycles. The summed E-state index contributed by atoms with van der Waals surface area (Å²) in [6, 6.07) is 4.26. The van der Waals surface area contributed by atoms with E-state index in [1.807, 2.05) is 0 Å². The van der Waals surface area contributed by atoms with E-state index in [2.05, 4.69) is 5.32 Å². The van der Waals surface area contributed by atoms with Crippen molar-refractivity contribution in [1.82, 2.24) is 4.31 Å². The van der Waals surface area contributed by atoms with Crippen LogP contribution in [0.25, 0.3) is 0 Å². The lowest BCUT2D eigenvalue weighted by atomic mass is 9.86. The number of nitrogens with one attached hydrogen (secondary N) is 1. The van der Waals surface area contributed by atoms with Gasteiger partial charge in [-0.1, -0.05) is 24.4 Å². The smallest absolute Gasteiger partial charge is 0.306 e. The van der Waals surface area contributed by atoms with E-state index in [1.165, 1.54) is 41.8 Å². The molecule has 1 heterocycles. The highest BCUT2D eigenvalue weighted by Gasteiger charge is 2.40. The van der Waals surface area contributed by atoms with Crippen LogP contribution in [-0.4, -0.2) is 44.3 Å². The predicted molar refractivity (Wildman–Crippen MR) is 117 cm³/mol. The van der Waals surface area contributed by atoms with Crippen molar-refractivity contribution < 1.29 is 22.7 Å². The van der Waals surface area contributed by atoms with Crippen molar-refractivity contribution in [2.75, 3.05) is 25.0 Å². The standard InChI is InChI=1S/C22H29ClN2O5S/c23-19-7-6-18(31(28,29)25-8-2-1-3-9-25)13-20(19)24-21(26)14-30-22(27)12-17-11-15-4-5-16(17)10-15/h6-7,13,15-17H,1-5,8-12,14H2,(H,24,26). The Morgan fingerprint density at radius 2 is 1.90 bits per heavy atom. The number of ether oxygens (including phenoxy) is 1. The van der Waals surface area contributed by atoms with Crippen LogP contribution in [0, 0.1) is 17.8 Å². The zero-order valence-electron chi connectivity index (χ0n) is 17.5. The van der Waals surface area contributed by atoms with E-state index in [4.69, 9.17) is 16.3 Å². The Bertz CT molecular complexity index is 945. The van der Waals surface area contributed by atoms with Crippen LogP contribution in [0.5, 0.6) is 0 Å². The first-order valence-corrected chi connectivity index (χ1v) is 12.9. The van der Waals surface area contributed by atoms with Gasteiger partial charge in [-0.2, -0.15) is 4.31 Å². The fraction of sp³-hybridized carbons (Fsp3) is 0.636. The van der Waals surface area contributed by atoms with Gasteiger partial charge in [0.2, 0.25) is 10.0 Å².